The zero-order valence-corrected chi connectivity index (χ0v) is 15.4. The molecular formula is C19H16BrN5. The molecule has 1 heterocycles. The van der Waals surface area contributed by atoms with E-state index in [1.807, 2.05) is 50.2 Å². The highest BCUT2D eigenvalue weighted by Gasteiger charge is 2.06. The minimum atomic E-state index is 0.503. The van der Waals surface area contributed by atoms with Crippen LogP contribution in [0.4, 0.5) is 23.1 Å². The van der Waals surface area contributed by atoms with Gasteiger partial charge in [0.15, 0.2) is 0 Å². The largest absolute Gasteiger partial charge is 0.340 e. The number of rotatable bonds is 4. The van der Waals surface area contributed by atoms with Crippen LogP contribution >= 0.6 is 15.9 Å². The van der Waals surface area contributed by atoms with Gasteiger partial charge in [0.05, 0.1) is 17.3 Å². The highest BCUT2D eigenvalue weighted by atomic mass is 79.9. The van der Waals surface area contributed by atoms with E-state index in [0.29, 0.717) is 17.3 Å². The summed E-state index contributed by atoms with van der Waals surface area (Å²) in [6, 6.07) is 17.3. The van der Waals surface area contributed by atoms with Gasteiger partial charge in [-0.2, -0.15) is 10.2 Å². The fourth-order valence-corrected chi connectivity index (χ4v) is 2.94. The lowest BCUT2D eigenvalue weighted by atomic mass is 10.2. The van der Waals surface area contributed by atoms with Gasteiger partial charge in [-0.05, 0) is 65.7 Å². The SMILES string of the molecule is Cc1ccc(Nc2nc(C)cc(Nc3cccc(C#N)c3)n2)c(Br)c1. The zero-order chi connectivity index (χ0) is 17.8. The van der Waals surface area contributed by atoms with E-state index in [2.05, 4.69) is 42.6 Å². The van der Waals surface area contributed by atoms with Gasteiger partial charge in [-0.25, -0.2) is 4.98 Å². The van der Waals surface area contributed by atoms with Gasteiger partial charge in [0, 0.05) is 21.9 Å². The first kappa shape index (κ1) is 16.9. The molecule has 5 nitrogen and oxygen atoms in total. The van der Waals surface area contributed by atoms with Gasteiger partial charge in [0.25, 0.3) is 0 Å². The van der Waals surface area contributed by atoms with E-state index in [1.54, 1.807) is 12.1 Å². The Hall–Kier alpha value is -2.91. The predicted molar refractivity (Wildman–Crippen MR) is 103 cm³/mol. The van der Waals surface area contributed by atoms with Crippen LogP contribution in [-0.2, 0) is 0 Å². The molecule has 0 radical (unpaired) electrons. The number of hydrogen-bond acceptors (Lipinski definition) is 5. The smallest absolute Gasteiger partial charge is 0.229 e. The van der Waals surface area contributed by atoms with Gasteiger partial charge < -0.3 is 10.6 Å². The van der Waals surface area contributed by atoms with Gasteiger partial charge >= 0.3 is 0 Å². The van der Waals surface area contributed by atoms with E-state index in [0.717, 1.165) is 21.5 Å². The molecule has 0 saturated heterocycles. The molecular weight excluding hydrogens is 378 g/mol. The summed E-state index contributed by atoms with van der Waals surface area (Å²) in [5.41, 5.74) is 4.30. The molecule has 1 aromatic heterocycles. The number of aryl methyl sites for hydroxylation is 2. The number of nitriles is 1. The first-order valence-corrected chi connectivity index (χ1v) is 8.49. The first-order chi connectivity index (χ1) is 12.0. The average molecular weight is 394 g/mol. The van der Waals surface area contributed by atoms with Crippen LogP contribution < -0.4 is 10.6 Å². The number of halogens is 1. The van der Waals surface area contributed by atoms with Crippen molar-refractivity contribution in [3.05, 3.63) is 69.8 Å². The second-order valence-electron chi connectivity index (χ2n) is 5.64. The third-order valence-corrected chi connectivity index (χ3v) is 4.15. The summed E-state index contributed by atoms with van der Waals surface area (Å²) < 4.78 is 0.953. The summed E-state index contributed by atoms with van der Waals surface area (Å²) in [5, 5.41) is 15.5. The standard InChI is InChI=1S/C19H16BrN5/c1-12-6-7-17(16(20)8-12)24-19-22-13(2)9-18(25-19)23-15-5-3-4-14(10-15)11-21/h3-10H,1-2H3,(H2,22,23,24,25). The van der Waals surface area contributed by atoms with Crippen molar-refractivity contribution in [2.45, 2.75) is 13.8 Å². The van der Waals surface area contributed by atoms with Crippen molar-refractivity contribution in [1.82, 2.24) is 9.97 Å². The summed E-state index contributed by atoms with van der Waals surface area (Å²) >= 11 is 3.55. The molecule has 0 saturated carbocycles. The van der Waals surface area contributed by atoms with Crippen molar-refractivity contribution in [3.63, 3.8) is 0 Å². The summed E-state index contributed by atoms with van der Waals surface area (Å²) in [4.78, 5) is 8.94. The van der Waals surface area contributed by atoms with Crippen LogP contribution in [0.2, 0.25) is 0 Å². The van der Waals surface area contributed by atoms with E-state index in [1.165, 1.54) is 5.56 Å². The Bertz CT molecular complexity index is 962. The van der Waals surface area contributed by atoms with Crippen LogP contribution in [0.1, 0.15) is 16.8 Å². The molecule has 0 fully saturated rings. The van der Waals surface area contributed by atoms with Crippen LogP contribution in [-0.4, -0.2) is 9.97 Å². The molecule has 0 aliphatic carbocycles. The molecule has 0 bridgehead atoms. The molecule has 3 rings (SSSR count). The first-order valence-electron chi connectivity index (χ1n) is 7.69. The maximum atomic E-state index is 9.01. The number of hydrogen-bond donors (Lipinski definition) is 2. The second kappa shape index (κ2) is 7.32. The minimum absolute atomic E-state index is 0.503. The fraction of sp³-hybridized carbons (Fsp3) is 0.105. The lowest BCUT2D eigenvalue weighted by molar-refractivity contribution is 1.11. The van der Waals surface area contributed by atoms with Gasteiger partial charge in [-0.3, -0.25) is 0 Å². The molecule has 0 amide bonds. The molecule has 0 unspecified atom stereocenters. The number of nitrogens with zero attached hydrogens (tertiary/aromatic N) is 3. The van der Waals surface area contributed by atoms with Gasteiger partial charge in [-0.1, -0.05) is 12.1 Å². The van der Waals surface area contributed by atoms with E-state index < -0.39 is 0 Å². The van der Waals surface area contributed by atoms with E-state index in [4.69, 9.17) is 5.26 Å². The Morgan fingerprint density at radius 2 is 1.84 bits per heavy atom. The molecule has 0 spiro atoms. The monoisotopic (exact) mass is 393 g/mol. The Morgan fingerprint density at radius 1 is 1.00 bits per heavy atom. The highest BCUT2D eigenvalue weighted by Crippen LogP contribution is 2.26. The number of benzene rings is 2. The second-order valence-corrected chi connectivity index (χ2v) is 6.50. The van der Waals surface area contributed by atoms with Crippen LogP contribution in [0.15, 0.2) is 53.0 Å². The van der Waals surface area contributed by atoms with E-state index in [-0.39, 0.29) is 0 Å². The van der Waals surface area contributed by atoms with Crippen LogP contribution in [0.5, 0.6) is 0 Å². The molecule has 0 atom stereocenters. The van der Waals surface area contributed by atoms with Crippen LogP contribution in [0, 0.1) is 25.2 Å². The third kappa shape index (κ3) is 4.34. The maximum Gasteiger partial charge on any atom is 0.229 e. The van der Waals surface area contributed by atoms with Crippen LogP contribution in [0.25, 0.3) is 0 Å². The molecule has 0 aliphatic heterocycles. The average Bonchev–Trinajstić information content (AvgIpc) is 2.57. The van der Waals surface area contributed by atoms with Gasteiger partial charge in [-0.15, -0.1) is 0 Å². The van der Waals surface area contributed by atoms with Crippen molar-refractivity contribution >= 4 is 39.1 Å². The number of aromatic nitrogens is 2. The van der Waals surface area contributed by atoms with Crippen molar-refractivity contribution in [2.24, 2.45) is 0 Å². The summed E-state index contributed by atoms with van der Waals surface area (Å²) in [6.45, 7) is 3.95. The quantitative estimate of drug-likeness (QED) is 0.635. The third-order valence-electron chi connectivity index (χ3n) is 3.49. The van der Waals surface area contributed by atoms with Crippen molar-refractivity contribution in [2.75, 3.05) is 10.6 Å². The molecule has 25 heavy (non-hydrogen) atoms. The topological polar surface area (TPSA) is 73.6 Å². The van der Waals surface area contributed by atoms with Crippen molar-refractivity contribution in [3.8, 4) is 6.07 Å². The lowest BCUT2D eigenvalue weighted by Crippen LogP contribution is -2.03. The Labute approximate surface area is 154 Å². The molecule has 0 aliphatic rings. The van der Waals surface area contributed by atoms with Crippen LogP contribution in [0.3, 0.4) is 0 Å². The maximum absolute atomic E-state index is 9.01. The molecule has 3 aromatic rings. The zero-order valence-electron chi connectivity index (χ0n) is 13.8. The molecule has 2 N–H and O–H groups in total. The summed E-state index contributed by atoms with van der Waals surface area (Å²) in [6.07, 6.45) is 0. The Balaban J connectivity index is 1.86. The van der Waals surface area contributed by atoms with Gasteiger partial charge in [0.2, 0.25) is 5.95 Å². The fourth-order valence-electron chi connectivity index (χ4n) is 2.34. The van der Waals surface area contributed by atoms with Crippen molar-refractivity contribution in [1.29, 1.82) is 5.26 Å². The predicted octanol–water partition coefficient (Wildman–Crippen LogP) is 5.21. The highest BCUT2D eigenvalue weighted by molar-refractivity contribution is 9.10. The minimum Gasteiger partial charge on any atom is -0.340 e. The molecule has 2 aromatic carbocycles. The Morgan fingerprint density at radius 3 is 2.60 bits per heavy atom. The summed E-state index contributed by atoms with van der Waals surface area (Å²) in [5.74, 6) is 1.16. The molecule has 124 valence electrons. The van der Waals surface area contributed by atoms with Gasteiger partial charge in [0.1, 0.15) is 5.82 Å². The summed E-state index contributed by atoms with van der Waals surface area (Å²) in [7, 11) is 0. The normalized spacial score (nSPS) is 10.2. The number of anilines is 4. The lowest BCUT2D eigenvalue weighted by Gasteiger charge is -2.11. The van der Waals surface area contributed by atoms with E-state index >= 15 is 0 Å². The molecule has 6 heteroatoms. The Kier molecular flexibility index (Phi) is 4.96. The number of nitrogens with one attached hydrogen (secondary N) is 2. The van der Waals surface area contributed by atoms with Crippen molar-refractivity contribution < 1.29 is 0 Å². The van der Waals surface area contributed by atoms with E-state index in [9.17, 15) is 0 Å².